The van der Waals surface area contributed by atoms with Crippen molar-refractivity contribution in [1.82, 2.24) is 0 Å². The molecular formula is C34H53NO2. The Hall–Kier alpha value is -1.61. The lowest BCUT2D eigenvalue weighted by atomic mass is 9.61. The summed E-state index contributed by atoms with van der Waals surface area (Å²) in [7, 11) is 0. The van der Waals surface area contributed by atoms with Crippen molar-refractivity contribution >= 4 is 5.90 Å². The average Bonchev–Trinajstić information content (AvgIpc) is 3.39. The summed E-state index contributed by atoms with van der Waals surface area (Å²) in [5.41, 5.74) is 4.12. The molecule has 3 nitrogen and oxygen atoms in total. The highest BCUT2D eigenvalue weighted by Crippen LogP contribution is 2.59. The lowest BCUT2D eigenvalue weighted by Gasteiger charge is -2.44. The zero-order chi connectivity index (χ0) is 26.8. The number of allylic oxidation sites excluding steroid dienone is 5. The first-order valence-electron chi connectivity index (χ1n) is 15.2. The standard InChI is InChI=1S/C34H53NO2/c1-8-20-33(6,31-35-32(4,5)23-37-31)21-10-12-24(2)28-18-19-29-27(14-11-22-34(28,29)7)17-16-26-13-9-15-30(36)25(26)3/h10,12,16-17,24,28-30,36H,3,8-9,11,13-15,18-23H2,1-2,4-7H3/b12-10+,26-16-,27-17+/t24-,28-,29?,30?,33?,34?/m1/s1. The van der Waals surface area contributed by atoms with Crippen molar-refractivity contribution in [2.24, 2.45) is 33.6 Å². The summed E-state index contributed by atoms with van der Waals surface area (Å²) in [5, 5.41) is 10.2. The van der Waals surface area contributed by atoms with Crippen LogP contribution in [0.2, 0.25) is 0 Å². The summed E-state index contributed by atoms with van der Waals surface area (Å²) in [6.45, 7) is 18.8. The number of ether oxygens (including phenoxy) is 1. The highest BCUT2D eigenvalue weighted by atomic mass is 16.5. The summed E-state index contributed by atoms with van der Waals surface area (Å²) >= 11 is 0. The van der Waals surface area contributed by atoms with Crippen LogP contribution in [-0.4, -0.2) is 29.3 Å². The average molecular weight is 508 g/mol. The maximum Gasteiger partial charge on any atom is 0.190 e. The predicted molar refractivity (Wildman–Crippen MR) is 157 cm³/mol. The van der Waals surface area contributed by atoms with E-state index in [9.17, 15) is 5.11 Å². The third-order valence-corrected chi connectivity index (χ3v) is 10.2. The number of aliphatic imine (C=N–C) groups is 1. The monoisotopic (exact) mass is 507 g/mol. The molecule has 206 valence electrons. The minimum atomic E-state index is -0.350. The van der Waals surface area contributed by atoms with Gasteiger partial charge in [-0.15, -0.1) is 0 Å². The molecule has 0 bridgehead atoms. The maximum absolute atomic E-state index is 10.2. The first-order chi connectivity index (χ1) is 17.5. The predicted octanol–water partition coefficient (Wildman–Crippen LogP) is 8.75. The van der Waals surface area contributed by atoms with E-state index in [1.807, 2.05) is 0 Å². The third-order valence-electron chi connectivity index (χ3n) is 10.2. The number of hydrogen-bond acceptors (Lipinski definition) is 3. The van der Waals surface area contributed by atoms with Gasteiger partial charge in [-0.25, -0.2) is 4.99 Å². The first kappa shape index (κ1) is 28.4. The molecule has 3 heteroatoms. The van der Waals surface area contributed by atoms with Crippen LogP contribution in [0.4, 0.5) is 0 Å². The number of rotatable bonds is 8. The van der Waals surface area contributed by atoms with Crippen LogP contribution < -0.4 is 0 Å². The quantitative estimate of drug-likeness (QED) is 0.334. The molecule has 6 atom stereocenters. The van der Waals surface area contributed by atoms with Crippen molar-refractivity contribution in [3.63, 3.8) is 0 Å². The fraction of sp³-hybridized carbons (Fsp3) is 0.735. The van der Waals surface area contributed by atoms with Gasteiger partial charge in [0.1, 0.15) is 6.61 Å². The zero-order valence-electron chi connectivity index (χ0n) is 24.6. The minimum Gasteiger partial charge on any atom is -0.478 e. The van der Waals surface area contributed by atoms with Crippen LogP contribution in [0.5, 0.6) is 0 Å². The molecule has 37 heavy (non-hydrogen) atoms. The molecule has 0 radical (unpaired) electrons. The van der Waals surface area contributed by atoms with Crippen molar-refractivity contribution in [2.75, 3.05) is 6.61 Å². The Morgan fingerprint density at radius 2 is 1.95 bits per heavy atom. The Morgan fingerprint density at radius 3 is 2.65 bits per heavy atom. The second kappa shape index (κ2) is 11.2. The van der Waals surface area contributed by atoms with Crippen molar-refractivity contribution < 1.29 is 9.84 Å². The molecule has 0 amide bonds. The van der Waals surface area contributed by atoms with Gasteiger partial charge in [-0.3, -0.25) is 0 Å². The van der Waals surface area contributed by atoms with Gasteiger partial charge in [-0.2, -0.15) is 0 Å². The van der Waals surface area contributed by atoms with E-state index in [0.29, 0.717) is 23.9 Å². The maximum atomic E-state index is 10.2. The molecule has 3 fully saturated rings. The summed E-state index contributed by atoms with van der Waals surface area (Å²) in [5.74, 6) is 2.96. The highest BCUT2D eigenvalue weighted by molar-refractivity contribution is 5.84. The van der Waals surface area contributed by atoms with Gasteiger partial charge in [0.2, 0.25) is 0 Å². The van der Waals surface area contributed by atoms with Crippen LogP contribution >= 0.6 is 0 Å². The Balaban J connectivity index is 1.44. The summed E-state index contributed by atoms with van der Waals surface area (Å²) in [6.07, 6.45) is 22.0. The molecule has 4 rings (SSSR count). The molecule has 4 aliphatic rings. The number of hydrogen-bond donors (Lipinski definition) is 1. The largest absolute Gasteiger partial charge is 0.478 e. The number of nitrogens with zero attached hydrogens (tertiary/aromatic N) is 1. The molecule has 1 heterocycles. The van der Waals surface area contributed by atoms with Gasteiger partial charge in [0.15, 0.2) is 5.90 Å². The summed E-state index contributed by atoms with van der Waals surface area (Å²) in [4.78, 5) is 4.95. The van der Waals surface area contributed by atoms with Gasteiger partial charge in [0, 0.05) is 5.41 Å². The minimum absolute atomic E-state index is 0.00813. The number of aliphatic hydroxyl groups excluding tert-OH is 1. The molecule has 3 aliphatic carbocycles. The van der Waals surface area contributed by atoms with Crippen molar-refractivity contribution in [2.45, 2.75) is 124 Å². The van der Waals surface area contributed by atoms with Crippen LogP contribution in [0.25, 0.3) is 0 Å². The molecule has 1 aliphatic heterocycles. The van der Waals surface area contributed by atoms with Crippen LogP contribution in [0.15, 0.2) is 52.6 Å². The molecule has 0 spiro atoms. The number of fused-ring (bicyclic) bond motifs is 1. The summed E-state index contributed by atoms with van der Waals surface area (Å²) < 4.78 is 6.11. The van der Waals surface area contributed by atoms with Crippen molar-refractivity contribution in [3.05, 3.63) is 47.6 Å². The van der Waals surface area contributed by atoms with Gasteiger partial charge in [0.05, 0.1) is 11.6 Å². The van der Waals surface area contributed by atoms with Gasteiger partial charge >= 0.3 is 0 Å². The van der Waals surface area contributed by atoms with E-state index >= 15 is 0 Å². The van der Waals surface area contributed by atoms with Crippen molar-refractivity contribution in [1.29, 1.82) is 0 Å². The summed E-state index contributed by atoms with van der Waals surface area (Å²) in [6, 6.07) is 0. The van der Waals surface area contributed by atoms with Gasteiger partial charge in [-0.05, 0) is 112 Å². The van der Waals surface area contributed by atoms with Crippen molar-refractivity contribution in [3.8, 4) is 0 Å². The van der Waals surface area contributed by atoms with Crippen LogP contribution in [0.3, 0.4) is 0 Å². The fourth-order valence-corrected chi connectivity index (χ4v) is 7.99. The normalized spacial score (nSPS) is 36.5. The van der Waals surface area contributed by atoms with Crippen LogP contribution in [0.1, 0.15) is 112 Å². The third kappa shape index (κ3) is 6.02. The Morgan fingerprint density at radius 1 is 1.16 bits per heavy atom. The fourth-order valence-electron chi connectivity index (χ4n) is 7.99. The topological polar surface area (TPSA) is 41.8 Å². The van der Waals surface area contributed by atoms with E-state index in [0.717, 1.165) is 55.9 Å². The first-order valence-corrected chi connectivity index (χ1v) is 15.2. The molecule has 3 saturated carbocycles. The van der Waals surface area contributed by atoms with E-state index in [-0.39, 0.29) is 17.1 Å². The highest BCUT2D eigenvalue weighted by Gasteiger charge is 2.50. The molecule has 0 aromatic carbocycles. The van der Waals surface area contributed by atoms with E-state index in [1.165, 1.54) is 37.7 Å². The lowest BCUT2D eigenvalue weighted by Crippen LogP contribution is -2.35. The zero-order valence-corrected chi connectivity index (χ0v) is 24.6. The van der Waals surface area contributed by atoms with E-state index < -0.39 is 0 Å². The SMILES string of the molecule is C=C1/C(=C\C=C2/CCCC3(C)C2CC[C@@H]3[C@H](C)/C=C/CC(C)(CCC)C2=NC(C)(C)CO2)CCCC1O. The molecule has 0 aromatic heterocycles. The van der Waals surface area contributed by atoms with E-state index in [2.05, 4.69) is 72.4 Å². The van der Waals surface area contributed by atoms with Gasteiger partial charge in [0.25, 0.3) is 0 Å². The van der Waals surface area contributed by atoms with E-state index in [1.54, 1.807) is 5.57 Å². The second-order valence-electron chi connectivity index (χ2n) is 13.8. The molecular weight excluding hydrogens is 454 g/mol. The molecule has 0 aromatic rings. The molecule has 0 saturated heterocycles. The Labute approximate surface area is 227 Å². The Bertz CT molecular complexity index is 968. The van der Waals surface area contributed by atoms with Gasteiger partial charge < -0.3 is 9.84 Å². The van der Waals surface area contributed by atoms with Crippen LogP contribution in [-0.2, 0) is 4.74 Å². The second-order valence-corrected chi connectivity index (χ2v) is 13.8. The van der Waals surface area contributed by atoms with Gasteiger partial charge in [-0.1, -0.05) is 70.6 Å². The lowest BCUT2D eigenvalue weighted by molar-refractivity contribution is 0.112. The number of aliphatic hydroxyl groups is 1. The Kier molecular flexibility index (Phi) is 8.63. The molecule has 4 unspecified atom stereocenters. The van der Waals surface area contributed by atoms with Crippen LogP contribution in [0, 0.1) is 28.6 Å². The van der Waals surface area contributed by atoms with E-state index in [4.69, 9.17) is 9.73 Å². The smallest absolute Gasteiger partial charge is 0.190 e. The molecule has 1 N–H and O–H groups in total.